The van der Waals surface area contributed by atoms with E-state index in [1.54, 1.807) is 6.92 Å². The third-order valence-corrected chi connectivity index (χ3v) is 4.96. The number of azide groups is 1. The van der Waals surface area contributed by atoms with Crippen LogP contribution in [0, 0.1) is 17.8 Å². The quantitative estimate of drug-likeness (QED) is 0.156. The first-order valence-corrected chi connectivity index (χ1v) is 10.1. The molecular formula is C15H27N3O5S. The van der Waals surface area contributed by atoms with Gasteiger partial charge < -0.3 is 4.74 Å². The first-order valence-electron chi connectivity index (χ1n) is 8.31. The molecule has 9 heteroatoms. The SMILES string of the molecule is CCOC(=O)C[C@H]1C[C@@H](C)C[C@@H](N=[N+]=[N-])[C@@H]1CCCOS(C)(=O)=O. The standard InChI is InChI=1S/C15H27N3O5S/c1-4-22-15(19)10-12-8-11(2)9-14(17-18-16)13(12)6-5-7-23-24(3,20)21/h11-14H,4-10H2,1-3H3/t11-,12-,13-,14-/m1/s1. The summed E-state index contributed by atoms with van der Waals surface area (Å²) < 4.78 is 31.9. The Morgan fingerprint density at radius 2 is 2.08 bits per heavy atom. The maximum atomic E-state index is 11.9. The van der Waals surface area contributed by atoms with Gasteiger partial charge in [-0.1, -0.05) is 12.0 Å². The van der Waals surface area contributed by atoms with E-state index in [0.717, 1.165) is 19.1 Å². The fraction of sp³-hybridized carbons (Fsp3) is 0.933. The van der Waals surface area contributed by atoms with E-state index >= 15 is 0 Å². The Kier molecular flexibility index (Phi) is 8.52. The first kappa shape index (κ1) is 20.7. The first-order chi connectivity index (χ1) is 11.3. The Hall–Kier alpha value is -1.31. The van der Waals surface area contributed by atoms with Crippen LogP contribution < -0.4 is 0 Å². The molecule has 4 atom stereocenters. The van der Waals surface area contributed by atoms with E-state index in [2.05, 4.69) is 16.9 Å². The minimum absolute atomic E-state index is 0.0321. The molecular weight excluding hydrogens is 334 g/mol. The molecule has 1 rings (SSSR count). The highest BCUT2D eigenvalue weighted by Gasteiger charge is 2.36. The molecule has 0 unspecified atom stereocenters. The number of hydrogen-bond acceptors (Lipinski definition) is 6. The minimum Gasteiger partial charge on any atom is -0.466 e. The molecule has 0 heterocycles. The molecule has 0 amide bonds. The van der Waals surface area contributed by atoms with Gasteiger partial charge in [0, 0.05) is 17.4 Å². The number of esters is 1. The monoisotopic (exact) mass is 361 g/mol. The normalized spacial score (nSPS) is 27.3. The average molecular weight is 361 g/mol. The Morgan fingerprint density at radius 1 is 1.38 bits per heavy atom. The lowest BCUT2D eigenvalue weighted by atomic mass is 9.69. The van der Waals surface area contributed by atoms with E-state index in [-0.39, 0.29) is 30.5 Å². The molecule has 0 aliphatic heterocycles. The molecule has 1 fully saturated rings. The summed E-state index contributed by atoms with van der Waals surface area (Å²) in [4.78, 5) is 14.8. The summed E-state index contributed by atoms with van der Waals surface area (Å²) in [5.41, 5.74) is 8.82. The smallest absolute Gasteiger partial charge is 0.306 e. The largest absolute Gasteiger partial charge is 0.466 e. The second-order valence-corrected chi connectivity index (χ2v) is 8.09. The molecule has 1 aliphatic carbocycles. The lowest BCUT2D eigenvalue weighted by Gasteiger charge is -2.39. The van der Waals surface area contributed by atoms with Crippen molar-refractivity contribution in [3.05, 3.63) is 10.4 Å². The van der Waals surface area contributed by atoms with Crippen molar-refractivity contribution in [1.29, 1.82) is 0 Å². The Balaban J connectivity index is 2.74. The van der Waals surface area contributed by atoms with Gasteiger partial charge in [-0.25, -0.2) is 0 Å². The van der Waals surface area contributed by atoms with Crippen LogP contribution >= 0.6 is 0 Å². The summed E-state index contributed by atoms with van der Waals surface area (Å²) in [6, 6.07) is -0.184. The molecule has 0 bridgehead atoms. The molecule has 24 heavy (non-hydrogen) atoms. The summed E-state index contributed by atoms with van der Waals surface area (Å²) in [5.74, 6) is 0.225. The zero-order valence-corrected chi connectivity index (χ0v) is 15.4. The summed E-state index contributed by atoms with van der Waals surface area (Å²) >= 11 is 0. The van der Waals surface area contributed by atoms with Crippen molar-refractivity contribution in [2.75, 3.05) is 19.5 Å². The third-order valence-electron chi connectivity index (χ3n) is 4.36. The third kappa shape index (κ3) is 7.51. The molecule has 8 nitrogen and oxygen atoms in total. The van der Waals surface area contributed by atoms with Gasteiger partial charge in [0.1, 0.15) is 0 Å². The van der Waals surface area contributed by atoms with Gasteiger partial charge >= 0.3 is 5.97 Å². The number of carbonyl (C=O) groups is 1. The Labute approximate surface area is 143 Å². The Bertz CT molecular complexity index is 559. The summed E-state index contributed by atoms with van der Waals surface area (Å²) in [5, 5.41) is 3.92. The fourth-order valence-corrected chi connectivity index (χ4v) is 3.93. The Morgan fingerprint density at radius 3 is 2.67 bits per heavy atom. The zero-order chi connectivity index (χ0) is 18.2. The van der Waals surface area contributed by atoms with Crippen LogP contribution in [0.15, 0.2) is 5.11 Å². The molecule has 1 saturated carbocycles. The maximum Gasteiger partial charge on any atom is 0.306 e. The van der Waals surface area contributed by atoms with Gasteiger partial charge in [0.15, 0.2) is 0 Å². The number of ether oxygens (including phenoxy) is 1. The van der Waals surface area contributed by atoms with Crippen molar-refractivity contribution in [2.45, 2.75) is 52.0 Å². The van der Waals surface area contributed by atoms with E-state index in [0.29, 0.717) is 31.8 Å². The summed E-state index contributed by atoms with van der Waals surface area (Å²) in [7, 11) is -3.46. The van der Waals surface area contributed by atoms with Crippen molar-refractivity contribution in [3.63, 3.8) is 0 Å². The summed E-state index contributed by atoms with van der Waals surface area (Å²) in [6.45, 7) is 4.29. The van der Waals surface area contributed by atoms with Gasteiger partial charge in [-0.2, -0.15) is 8.42 Å². The highest BCUT2D eigenvalue weighted by atomic mass is 32.2. The van der Waals surface area contributed by atoms with Crippen molar-refractivity contribution < 1.29 is 22.1 Å². The van der Waals surface area contributed by atoms with Crippen molar-refractivity contribution in [1.82, 2.24) is 0 Å². The molecule has 138 valence electrons. The van der Waals surface area contributed by atoms with E-state index in [9.17, 15) is 13.2 Å². The number of nitrogens with zero attached hydrogens (tertiary/aromatic N) is 3. The highest BCUT2D eigenvalue weighted by molar-refractivity contribution is 7.85. The van der Waals surface area contributed by atoms with Crippen molar-refractivity contribution in [2.24, 2.45) is 22.9 Å². The lowest BCUT2D eigenvalue weighted by molar-refractivity contribution is -0.145. The fourth-order valence-electron chi connectivity index (χ4n) is 3.51. The van der Waals surface area contributed by atoms with Crippen LogP contribution in [0.3, 0.4) is 0 Å². The van der Waals surface area contributed by atoms with Crippen LogP contribution in [0.5, 0.6) is 0 Å². The van der Waals surface area contributed by atoms with E-state index in [4.69, 9.17) is 14.5 Å². The predicted octanol–water partition coefficient (Wildman–Crippen LogP) is 3.04. The molecule has 0 spiro atoms. The molecule has 0 aromatic carbocycles. The van der Waals surface area contributed by atoms with Crippen LogP contribution in [-0.4, -0.2) is 39.9 Å². The molecule has 0 radical (unpaired) electrons. The van der Waals surface area contributed by atoms with Gasteiger partial charge in [0.2, 0.25) is 0 Å². The number of hydrogen-bond donors (Lipinski definition) is 0. The second kappa shape index (κ2) is 9.86. The number of carbonyl (C=O) groups excluding carboxylic acids is 1. The number of rotatable bonds is 9. The van der Waals surface area contributed by atoms with Crippen LogP contribution in [0.25, 0.3) is 10.4 Å². The lowest BCUT2D eigenvalue weighted by Crippen LogP contribution is -2.36. The van der Waals surface area contributed by atoms with Crippen molar-refractivity contribution in [3.8, 4) is 0 Å². The van der Waals surface area contributed by atoms with Crippen LogP contribution in [0.2, 0.25) is 0 Å². The van der Waals surface area contributed by atoms with Crippen LogP contribution in [0.1, 0.15) is 46.0 Å². The topological polar surface area (TPSA) is 118 Å². The van der Waals surface area contributed by atoms with Crippen LogP contribution in [0.4, 0.5) is 0 Å². The van der Waals surface area contributed by atoms with Crippen molar-refractivity contribution >= 4 is 16.1 Å². The predicted molar refractivity (Wildman–Crippen MR) is 89.6 cm³/mol. The maximum absolute atomic E-state index is 11.9. The van der Waals surface area contributed by atoms with Crippen LogP contribution in [-0.2, 0) is 23.8 Å². The van der Waals surface area contributed by atoms with E-state index < -0.39 is 10.1 Å². The van der Waals surface area contributed by atoms with Gasteiger partial charge in [-0.3, -0.25) is 8.98 Å². The second-order valence-electron chi connectivity index (χ2n) is 6.45. The van der Waals surface area contributed by atoms with E-state index in [1.165, 1.54) is 0 Å². The molecule has 0 saturated heterocycles. The molecule has 1 aliphatic rings. The van der Waals surface area contributed by atoms with Gasteiger partial charge in [-0.15, -0.1) is 0 Å². The van der Waals surface area contributed by atoms with Gasteiger partial charge in [0.05, 0.1) is 19.5 Å². The van der Waals surface area contributed by atoms with E-state index in [1.807, 2.05) is 0 Å². The molecule has 0 N–H and O–H groups in total. The molecule has 0 aromatic rings. The highest BCUT2D eigenvalue weighted by Crippen LogP contribution is 2.40. The molecule has 0 aromatic heterocycles. The average Bonchev–Trinajstić information content (AvgIpc) is 2.45. The van der Waals surface area contributed by atoms with Gasteiger partial charge in [-0.05, 0) is 55.9 Å². The zero-order valence-electron chi connectivity index (χ0n) is 14.6. The van der Waals surface area contributed by atoms with Gasteiger partial charge in [0.25, 0.3) is 10.1 Å². The summed E-state index contributed by atoms with van der Waals surface area (Å²) in [6.07, 6.45) is 4.14. The minimum atomic E-state index is -3.46.